The van der Waals surface area contributed by atoms with Crippen molar-refractivity contribution in [3.8, 4) is 5.75 Å². The lowest BCUT2D eigenvalue weighted by molar-refractivity contribution is -0.139. The van der Waals surface area contributed by atoms with Gasteiger partial charge >= 0.3 is 11.8 Å². The molecule has 0 radical (unpaired) electrons. The Labute approximate surface area is 180 Å². The lowest BCUT2D eigenvalue weighted by Crippen LogP contribution is -2.42. The lowest BCUT2D eigenvalue weighted by atomic mass is 10.2. The highest BCUT2D eigenvalue weighted by Gasteiger charge is 2.17. The quantitative estimate of drug-likeness (QED) is 0.386. The van der Waals surface area contributed by atoms with Crippen molar-refractivity contribution in [2.45, 2.75) is 6.54 Å². The van der Waals surface area contributed by atoms with Crippen LogP contribution >= 0.6 is 0 Å². The Morgan fingerprint density at radius 3 is 2.42 bits per heavy atom. The minimum absolute atomic E-state index is 0.0401. The van der Waals surface area contributed by atoms with Gasteiger partial charge in [0.05, 0.1) is 19.4 Å². The van der Waals surface area contributed by atoms with Crippen molar-refractivity contribution >= 4 is 23.9 Å². The van der Waals surface area contributed by atoms with Crippen LogP contribution in [0.3, 0.4) is 0 Å². The molecule has 3 rings (SSSR count). The molecule has 0 spiro atoms. The third-order valence-corrected chi connectivity index (χ3v) is 4.49. The van der Waals surface area contributed by atoms with Crippen LogP contribution < -0.4 is 15.5 Å². The lowest BCUT2D eigenvalue weighted by Gasteiger charge is -2.26. The molecule has 1 aliphatic rings. The summed E-state index contributed by atoms with van der Waals surface area (Å²) in [5, 5.41) is 6.31. The molecule has 0 aliphatic carbocycles. The average Bonchev–Trinajstić information content (AvgIpc) is 2.83. The molecule has 1 aliphatic heterocycles. The van der Waals surface area contributed by atoms with E-state index in [0.717, 1.165) is 5.56 Å². The van der Waals surface area contributed by atoms with Crippen LogP contribution in [0, 0.1) is 0 Å². The van der Waals surface area contributed by atoms with Gasteiger partial charge in [-0.15, -0.1) is 0 Å². The number of carbonyl (C=O) groups is 3. The largest absolute Gasteiger partial charge is 0.484 e. The van der Waals surface area contributed by atoms with Gasteiger partial charge in [0.2, 0.25) is 0 Å². The van der Waals surface area contributed by atoms with E-state index >= 15 is 0 Å². The number of hydrogen-bond acceptors (Lipinski definition) is 6. The van der Waals surface area contributed by atoms with Gasteiger partial charge in [0.15, 0.2) is 6.61 Å². The molecule has 9 heteroatoms. The molecule has 0 aromatic heterocycles. The van der Waals surface area contributed by atoms with E-state index in [1.807, 2.05) is 30.3 Å². The van der Waals surface area contributed by atoms with E-state index in [0.29, 0.717) is 37.6 Å². The monoisotopic (exact) mass is 424 g/mol. The molecule has 1 saturated heterocycles. The Balaban J connectivity index is 1.39. The molecule has 0 atom stereocenters. The minimum atomic E-state index is -0.853. The normalized spacial score (nSPS) is 13.6. The van der Waals surface area contributed by atoms with Crippen LogP contribution in [0.1, 0.15) is 11.1 Å². The zero-order valence-electron chi connectivity index (χ0n) is 17.0. The highest BCUT2D eigenvalue weighted by atomic mass is 16.5. The summed E-state index contributed by atoms with van der Waals surface area (Å²) in [5.74, 6) is -1.16. The highest BCUT2D eigenvalue weighted by molar-refractivity contribution is 6.35. The summed E-state index contributed by atoms with van der Waals surface area (Å²) in [6.07, 6.45) is 1.41. The van der Waals surface area contributed by atoms with Crippen molar-refractivity contribution in [2.24, 2.45) is 5.10 Å². The predicted molar refractivity (Wildman–Crippen MR) is 113 cm³/mol. The Morgan fingerprint density at radius 2 is 1.71 bits per heavy atom. The SMILES string of the molecule is O=C(NCc1ccccc1)C(=O)N/N=C\c1ccc(OCC(=O)N2CCOCC2)cc1. The van der Waals surface area contributed by atoms with Gasteiger partial charge in [-0.05, 0) is 35.4 Å². The molecular weight excluding hydrogens is 400 g/mol. The standard InChI is InChI=1S/C22H24N4O5/c27-20(26-10-12-30-13-11-26)16-31-19-8-6-18(7-9-19)15-24-25-22(29)21(28)23-14-17-4-2-1-3-5-17/h1-9,15H,10-14,16H2,(H,23,28)(H,25,29)/b24-15-. The van der Waals surface area contributed by atoms with Gasteiger partial charge in [0.25, 0.3) is 5.91 Å². The molecule has 1 fully saturated rings. The zero-order chi connectivity index (χ0) is 21.9. The third-order valence-electron chi connectivity index (χ3n) is 4.49. The molecule has 3 amide bonds. The summed E-state index contributed by atoms with van der Waals surface area (Å²) >= 11 is 0. The van der Waals surface area contributed by atoms with Crippen LogP contribution in [0.2, 0.25) is 0 Å². The summed E-state index contributed by atoms with van der Waals surface area (Å²) in [4.78, 5) is 37.4. The van der Waals surface area contributed by atoms with Crippen LogP contribution in [0.15, 0.2) is 59.7 Å². The average molecular weight is 424 g/mol. The number of carbonyl (C=O) groups excluding carboxylic acids is 3. The first-order valence-electron chi connectivity index (χ1n) is 9.85. The van der Waals surface area contributed by atoms with Crippen molar-refractivity contribution in [1.29, 1.82) is 0 Å². The Morgan fingerprint density at radius 1 is 1.00 bits per heavy atom. The van der Waals surface area contributed by atoms with Crippen LogP contribution in [-0.2, 0) is 25.7 Å². The molecule has 31 heavy (non-hydrogen) atoms. The number of hydrazone groups is 1. The number of morpholine rings is 1. The van der Waals surface area contributed by atoms with E-state index in [9.17, 15) is 14.4 Å². The topological polar surface area (TPSA) is 109 Å². The molecule has 2 aromatic rings. The second-order valence-electron chi connectivity index (χ2n) is 6.72. The van der Waals surface area contributed by atoms with Crippen molar-refractivity contribution in [2.75, 3.05) is 32.9 Å². The molecule has 2 N–H and O–H groups in total. The number of nitrogens with one attached hydrogen (secondary N) is 2. The maximum absolute atomic E-state index is 12.1. The van der Waals surface area contributed by atoms with Crippen LogP contribution in [0.4, 0.5) is 0 Å². The van der Waals surface area contributed by atoms with Gasteiger partial charge in [0.1, 0.15) is 5.75 Å². The maximum Gasteiger partial charge on any atom is 0.329 e. The van der Waals surface area contributed by atoms with Crippen LogP contribution in [0.25, 0.3) is 0 Å². The molecule has 162 valence electrons. The first-order valence-corrected chi connectivity index (χ1v) is 9.85. The first kappa shape index (κ1) is 22.0. The fourth-order valence-electron chi connectivity index (χ4n) is 2.77. The van der Waals surface area contributed by atoms with E-state index < -0.39 is 11.8 Å². The smallest absolute Gasteiger partial charge is 0.329 e. The fraction of sp³-hybridized carbons (Fsp3) is 0.273. The van der Waals surface area contributed by atoms with Crippen molar-refractivity contribution in [1.82, 2.24) is 15.6 Å². The number of amides is 3. The van der Waals surface area contributed by atoms with Crippen molar-refractivity contribution in [3.05, 3.63) is 65.7 Å². The van der Waals surface area contributed by atoms with Crippen molar-refractivity contribution < 1.29 is 23.9 Å². The minimum Gasteiger partial charge on any atom is -0.484 e. The number of ether oxygens (including phenoxy) is 2. The summed E-state index contributed by atoms with van der Waals surface area (Å²) in [5.41, 5.74) is 3.77. The van der Waals surface area contributed by atoms with Gasteiger partial charge in [-0.25, -0.2) is 5.43 Å². The van der Waals surface area contributed by atoms with Gasteiger partial charge in [-0.3, -0.25) is 14.4 Å². The molecule has 0 unspecified atom stereocenters. The molecule has 0 saturated carbocycles. The number of rotatable bonds is 7. The number of benzene rings is 2. The zero-order valence-corrected chi connectivity index (χ0v) is 17.0. The summed E-state index contributed by atoms with van der Waals surface area (Å²) in [6.45, 7) is 2.46. The Hall–Kier alpha value is -3.72. The van der Waals surface area contributed by atoms with Crippen molar-refractivity contribution in [3.63, 3.8) is 0 Å². The van der Waals surface area contributed by atoms with Gasteiger partial charge in [-0.1, -0.05) is 30.3 Å². The molecule has 9 nitrogen and oxygen atoms in total. The van der Waals surface area contributed by atoms with E-state index in [-0.39, 0.29) is 19.1 Å². The Bertz CT molecular complexity index is 909. The molecule has 1 heterocycles. The van der Waals surface area contributed by atoms with Gasteiger partial charge in [0, 0.05) is 19.6 Å². The van der Waals surface area contributed by atoms with Crippen LogP contribution in [-0.4, -0.2) is 61.7 Å². The third kappa shape index (κ3) is 7.23. The van der Waals surface area contributed by atoms with E-state index in [4.69, 9.17) is 9.47 Å². The number of hydrogen-bond donors (Lipinski definition) is 2. The summed E-state index contributed by atoms with van der Waals surface area (Å²) < 4.78 is 10.7. The molecule has 2 aromatic carbocycles. The Kier molecular flexibility index (Phi) is 8.13. The van der Waals surface area contributed by atoms with E-state index in [2.05, 4.69) is 15.8 Å². The fourth-order valence-corrected chi connectivity index (χ4v) is 2.77. The second-order valence-corrected chi connectivity index (χ2v) is 6.72. The van der Waals surface area contributed by atoms with Gasteiger partial charge < -0.3 is 19.7 Å². The molecular formula is C22H24N4O5. The number of nitrogens with zero attached hydrogens (tertiary/aromatic N) is 2. The summed E-state index contributed by atoms with van der Waals surface area (Å²) in [7, 11) is 0. The second kappa shape index (κ2) is 11.5. The van der Waals surface area contributed by atoms with Crippen LogP contribution in [0.5, 0.6) is 5.75 Å². The predicted octanol–water partition coefficient (Wildman–Crippen LogP) is 0.691. The van der Waals surface area contributed by atoms with Gasteiger partial charge in [-0.2, -0.15) is 5.10 Å². The molecule has 0 bridgehead atoms. The highest BCUT2D eigenvalue weighted by Crippen LogP contribution is 2.11. The van der Waals surface area contributed by atoms with E-state index in [1.54, 1.807) is 29.2 Å². The first-order chi connectivity index (χ1) is 15.1. The maximum atomic E-state index is 12.1. The summed E-state index contributed by atoms with van der Waals surface area (Å²) in [6, 6.07) is 16.1. The van der Waals surface area contributed by atoms with E-state index in [1.165, 1.54) is 6.21 Å².